The number of rotatable bonds is 3. The zero-order valence-corrected chi connectivity index (χ0v) is 14.3. The van der Waals surface area contributed by atoms with E-state index < -0.39 is 35.4 Å². The van der Waals surface area contributed by atoms with E-state index in [2.05, 4.69) is 10.6 Å². The molecule has 1 aromatic carbocycles. The zero-order valence-electron chi connectivity index (χ0n) is 14.3. The summed E-state index contributed by atoms with van der Waals surface area (Å²) >= 11 is 0. The summed E-state index contributed by atoms with van der Waals surface area (Å²) in [5, 5.41) is 22.9. The number of carbonyl (C=O) groups is 2. The molecular weight excluding hydrogens is 398 g/mol. The normalized spacial score (nSPS) is 16.5. The molecule has 2 rings (SSSR count). The van der Waals surface area contributed by atoms with Crippen LogP contribution in [-0.4, -0.2) is 47.0 Å². The van der Waals surface area contributed by atoms with E-state index in [9.17, 15) is 36.2 Å². The minimum Gasteiger partial charge on any atom is -0.475 e. The maximum Gasteiger partial charge on any atom is 0.490 e. The fourth-order valence-corrected chi connectivity index (χ4v) is 2.23. The third-order valence-corrected chi connectivity index (χ3v) is 3.83. The van der Waals surface area contributed by atoms with Crippen LogP contribution in [0, 0.1) is 0 Å². The van der Waals surface area contributed by atoms with Gasteiger partial charge in [0, 0.05) is 6.54 Å². The van der Waals surface area contributed by atoms with Crippen molar-refractivity contribution in [3.8, 4) is 0 Å². The molecular formula is C16H18F6N2O4. The summed E-state index contributed by atoms with van der Waals surface area (Å²) in [5.41, 5.74) is -1.57. The molecule has 1 fully saturated rings. The Morgan fingerprint density at radius 3 is 1.89 bits per heavy atom. The van der Waals surface area contributed by atoms with Crippen molar-refractivity contribution in [3.63, 3.8) is 0 Å². The van der Waals surface area contributed by atoms with Gasteiger partial charge in [-0.2, -0.15) is 26.3 Å². The average Bonchev–Trinajstić information content (AvgIpc) is 2.59. The summed E-state index contributed by atoms with van der Waals surface area (Å²) in [6.45, 7) is 1.21. The van der Waals surface area contributed by atoms with Gasteiger partial charge < -0.3 is 20.8 Å². The predicted octanol–water partition coefficient (Wildman–Crippen LogP) is 2.07. The SMILES string of the molecule is O=C(NCc1ccc(C(F)(F)F)cc1)C1(O)CCNCC1.O=C(O)C(F)(F)F. The fraction of sp³-hybridized carbons (Fsp3) is 0.500. The third kappa shape index (κ3) is 7.35. The lowest BCUT2D eigenvalue weighted by atomic mass is 9.91. The molecule has 6 nitrogen and oxygen atoms in total. The van der Waals surface area contributed by atoms with E-state index in [0.717, 1.165) is 12.1 Å². The molecule has 1 aliphatic rings. The highest BCUT2D eigenvalue weighted by Crippen LogP contribution is 2.29. The van der Waals surface area contributed by atoms with Crippen molar-refractivity contribution in [2.45, 2.75) is 37.3 Å². The highest BCUT2D eigenvalue weighted by atomic mass is 19.4. The average molecular weight is 416 g/mol. The van der Waals surface area contributed by atoms with Crippen LogP contribution in [0.2, 0.25) is 0 Å². The first kappa shape index (κ1) is 23.7. The number of carboxylic acids is 1. The van der Waals surface area contributed by atoms with Gasteiger partial charge in [0.25, 0.3) is 5.91 Å². The van der Waals surface area contributed by atoms with Gasteiger partial charge in [0.1, 0.15) is 5.60 Å². The minimum atomic E-state index is -5.08. The van der Waals surface area contributed by atoms with Crippen LogP contribution >= 0.6 is 0 Å². The number of piperidine rings is 1. The van der Waals surface area contributed by atoms with Crippen LogP contribution in [0.5, 0.6) is 0 Å². The topological polar surface area (TPSA) is 98.7 Å². The van der Waals surface area contributed by atoms with Crippen LogP contribution in [-0.2, 0) is 22.3 Å². The van der Waals surface area contributed by atoms with Crippen molar-refractivity contribution in [2.24, 2.45) is 0 Å². The number of carbonyl (C=O) groups excluding carboxylic acids is 1. The van der Waals surface area contributed by atoms with Crippen LogP contribution in [0.25, 0.3) is 0 Å². The number of halogens is 6. The predicted molar refractivity (Wildman–Crippen MR) is 84.0 cm³/mol. The highest BCUT2D eigenvalue weighted by Gasteiger charge is 2.38. The first-order valence-corrected chi connectivity index (χ1v) is 7.93. The molecule has 0 atom stereocenters. The molecule has 1 aromatic rings. The Balaban J connectivity index is 0.000000480. The maximum atomic E-state index is 12.4. The standard InChI is InChI=1S/C14H17F3N2O2.C2HF3O2/c15-14(16,17)11-3-1-10(2-4-11)9-19-12(20)13(21)5-7-18-8-6-13;3-2(4,5)1(6)7/h1-4,18,21H,5-9H2,(H,19,20);(H,6,7). The molecule has 1 heterocycles. The second kappa shape index (κ2) is 9.24. The lowest BCUT2D eigenvalue weighted by molar-refractivity contribution is -0.192. The summed E-state index contributed by atoms with van der Waals surface area (Å²) in [7, 11) is 0. The van der Waals surface area contributed by atoms with E-state index in [0.29, 0.717) is 31.5 Å². The van der Waals surface area contributed by atoms with Crippen LogP contribution in [0.1, 0.15) is 24.0 Å². The molecule has 12 heteroatoms. The molecule has 1 aliphatic heterocycles. The van der Waals surface area contributed by atoms with Crippen molar-refractivity contribution in [2.75, 3.05) is 13.1 Å². The summed E-state index contributed by atoms with van der Waals surface area (Å²) in [5.74, 6) is -3.24. The van der Waals surface area contributed by atoms with Crippen LogP contribution in [0.15, 0.2) is 24.3 Å². The number of nitrogens with one attached hydrogen (secondary N) is 2. The van der Waals surface area contributed by atoms with Crippen LogP contribution < -0.4 is 10.6 Å². The Morgan fingerprint density at radius 2 is 1.50 bits per heavy atom. The first-order valence-electron chi connectivity index (χ1n) is 7.93. The number of alkyl halides is 6. The summed E-state index contributed by atoms with van der Waals surface area (Å²) in [4.78, 5) is 20.8. The molecule has 0 bridgehead atoms. The lowest BCUT2D eigenvalue weighted by Crippen LogP contribution is -2.52. The largest absolute Gasteiger partial charge is 0.490 e. The molecule has 1 saturated heterocycles. The van der Waals surface area contributed by atoms with Gasteiger partial charge >= 0.3 is 18.3 Å². The van der Waals surface area contributed by atoms with Gasteiger partial charge in [-0.25, -0.2) is 4.79 Å². The first-order chi connectivity index (χ1) is 12.8. The van der Waals surface area contributed by atoms with Crippen molar-refractivity contribution >= 4 is 11.9 Å². The molecule has 0 unspecified atom stereocenters. The van der Waals surface area contributed by atoms with Crippen molar-refractivity contribution in [3.05, 3.63) is 35.4 Å². The van der Waals surface area contributed by atoms with Gasteiger partial charge in [-0.1, -0.05) is 12.1 Å². The number of aliphatic carboxylic acids is 1. The van der Waals surface area contributed by atoms with Crippen molar-refractivity contribution in [1.82, 2.24) is 10.6 Å². The van der Waals surface area contributed by atoms with Gasteiger partial charge in [0.2, 0.25) is 0 Å². The van der Waals surface area contributed by atoms with E-state index >= 15 is 0 Å². The maximum absolute atomic E-state index is 12.4. The summed E-state index contributed by atoms with van der Waals surface area (Å²) in [6, 6.07) is 4.58. The van der Waals surface area contributed by atoms with Gasteiger partial charge in [0.15, 0.2) is 0 Å². The van der Waals surface area contributed by atoms with Gasteiger partial charge in [0.05, 0.1) is 5.56 Å². The fourth-order valence-electron chi connectivity index (χ4n) is 2.23. The minimum absolute atomic E-state index is 0.0900. The quantitative estimate of drug-likeness (QED) is 0.566. The van der Waals surface area contributed by atoms with Gasteiger partial charge in [-0.3, -0.25) is 4.79 Å². The second-order valence-corrected chi connectivity index (χ2v) is 5.96. The molecule has 0 aliphatic carbocycles. The molecule has 0 aromatic heterocycles. The Morgan fingerprint density at radius 1 is 1.04 bits per heavy atom. The Bertz CT molecular complexity index is 667. The number of hydrogen-bond donors (Lipinski definition) is 4. The van der Waals surface area contributed by atoms with E-state index in [-0.39, 0.29) is 6.54 Å². The molecule has 28 heavy (non-hydrogen) atoms. The number of benzene rings is 1. The van der Waals surface area contributed by atoms with E-state index in [4.69, 9.17) is 9.90 Å². The molecule has 0 radical (unpaired) electrons. The van der Waals surface area contributed by atoms with Crippen LogP contribution in [0.4, 0.5) is 26.3 Å². The molecule has 0 saturated carbocycles. The number of amides is 1. The molecule has 4 N–H and O–H groups in total. The molecule has 1 amide bonds. The van der Waals surface area contributed by atoms with E-state index in [1.54, 1.807) is 0 Å². The summed E-state index contributed by atoms with van der Waals surface area (Å²) < 4.78 is 69.0. The Hall–Kier alpha value is -2.34. The van der Waals surface area contributed by atoms with E-state index in [1.807, 2.05) is 0 Å². The van der Waals surface area contributed by atoms with E-state index in [1.165, 1.54) is 12.1 Å². The number of hydrogen-bond acceptors (Lipinski definition) is 4. The number of aliphatic hydroxyl groups is 1. The Kier molecular flexibility index (Phi) is 7.82. The molecule has 158 valence electrons. The monoisotopic (exact) mass is 416 g/mol. The van der Waals surface area contributed by atoms with Gasteiger partial charge in [-0.15, -0.1) is 0 Å². The number of carboxylic acid groups (broad SMARTS) is 1. The third-order valence-electron chi connectivity index (χ3n) is 3.83. The summed E-state index contributed by atoms with van der Waals surface area (Å²) in [6.07, 6.45) is -8.80. The smallest absolute Gasteiger partial charge is 0.475 e. The second-order valence-electron chi connectivity index (χ2n) is 5.96. The van der Waals surface area contributed by atoms with Crippen molar-refractivity contribution in [1.29, 1.82) is 0 Å². The lowest BCUT2D eigenvalue weighted by Gasteiger charge is -2.31. The highest BCUT2D eigenvalue weighted by molar-refractivity contribution is 5.85. The Labute approximate surface area is 155 Å². The van der Waals surface area contributed by atoms with Crippen LogP contribution in [0.3, 0.4) is 0 Å². The zero-order chi connectivity index (χ0) is 21.6. The van der Waals surface area contributed by atoms with Crippen molar-refractivity contribution < 1.29 is 46.1 Å². The molecule has 0 spiro atoms. The van der Waals surface area contributed by atoms with Gasteiger partial charge in [-0.05, 0) is 43.6 Å².